The molecule has 5 nitrogen and oxygen atoms in total. The van der Waals surface area contributed by atoms with Crippen molar-refractivity contribution in [2.75, 3.05) is 0 Å². The molecule has 0 atom stereocenters. The molecule has 1 fully saturated rings. The van der Waals surface area contributed by atoms with Crippen molar-refractivity contribution < 1.29 is 18.3 Å². The normalized spacial score (nSPS) is 18.9. The summed E-state index contributed by atoms with van der Waals surface area (Å²) < 4.78 is 27.7. The maximum absolute atomic E-state index is 12.5. The number of carboxylic acid groups (broad SMARTS) is 1. The van der Waals surface area contributed by atoms with Crippen molar-refractivity contribution in [2.24, 2.45) is 0 Å². The standard InChI is InChI=1S/C13H19NO4S2/c1-9-11(8-10(19-9)12(15)16)20(17,18)14-13(2)6-4-3-5-7-13/h8,14H,3-7H2,1-2H3,(H,15,16). The van der Waals surface area contributed by atoms with Crippen LogP contribution in [0.2, 0.25) is 0 Å². The minimum absolute atomic E-state index is 0.0525. The first kappa shape index (κ1) is 15.5. The van der Waals surface area contributed by atoms with Crippen LogP contribution in [-0.2, 0) is 10.0 Å². The number of nitrogens with one attached hydrogen (secondary N) is 1. The summed E-state index contributed by atoms with van der Waals surface area (Å²) in [4.78, 5) is 11.6. The minimum atomic E-state index is -3.66. The molecule has 0 aromatic carbocycles. The number of sulfonamides is 1. The SMILES string of the molecule is Cc1sc(C(=O)O)cc1S(=O)(=O)NC1(C)CCCCC1. The first-order valence-electron chi connectivity index (χ1n) is 6.61. The van der Waals surface area contributed by atoms with E-state index >= 15 is 0 Å². The molecule has 1 saturated carbocycles. The number of carbonyl (C=O) groups is 1. The number of hydrogen-bond acceptors (Lipinski definition) is 4. The molecule has 1 aliphatic rings. The van der Waals surface area contributed by atoms with Gasteiger partial charge in [-0.05, 0) is 32.8 Å². The Morgan fingerprint density at radius 2 is 1.95 bits per heavy atom. The van der Waals surface area contributed by atoms with Crippen molar-refractivity contribution in [1.29, 1.82) is 0 Å². The van der Waals surface area contributed by atoms with Gasteiger partial charge >= 0.3 is 5.97 Å². The number of carboxylic acids is 1. The van der Waals surface area contributed by atoms with Crippen molar-refractivity contribution in [3.8, 4) is 0 Å². The molecular formula is C13H19NO4S2. The highest BCUT2D eigenvalue weighted by Gasteiger charge is 2.33. The van der Waals surface area contributed by atoms with Gasteiger partial charge in [-0.3, -0.25) is 0 Å². The fourth-order valence-electron chi connectivity index (χ4n) is 2.65. The van der Waals surface area contributed by atoms with Gasteiger partial charge in [-0.25, -0.2) is 17.9 Å². The summed E-state index contributed by atoms with van der Waals surface area (Å²) in [5.74, 6) is -1.09. The van der Waals surface area contributed by atoms with Gasteiger partial charge in [0.1, 0.15) is 4.88 Å². The van der Waals surface area contributed by atoms with Crippen LogP contribution in [0.4, 0.5) is 0 Å². The Bertz CT molecular complexity index is 612. The van der Waals surface area contributed by atoms with Crippen molar-refractivity contribution in [3.05, 3.63) is 15.8 Å². The van der Waals surface area contributed by atoms with Gasteiger partial charge in [0, 0.05) is 10.4 Å². The van der Waals surface area contributed by atoms with E-state index in [9.17, 15) is 13.2 Å². The molecular weight excluding hydrogens is 298 g/mol. The molecule has 0 spiro atoms. The maximum Gasteiger partial charge on any atom is 0.345 e. The topological polar surface area (TPSA) is 83.5 Å². The van der Waals surface area contributed by atoms with E-state index < -0.39 is 21.5 Å². The minimum Gasteiger partial charge on any atom is -0.477 e. The third-order valence-electron chi connectivity index (χ3n) is 3.71. The van der Waals surface area contributed by atoms with Crippen LogP contribution < -0.4 is 4.72 Å². The molecule has 1 aromatic rings. The predicted molar refractivity (Wildman–Crippen MR) is 77.8 cm³/mol. The molecule has 0 radical (unpaired) electrons. The van der Waals surface area contributed by atoms with E-state index in [1.807, 2.05) is 6.92 Å². The Morgan fingerprint density at radius 3 is 2.45 bits per heavy atom. The molecule has 0 bridgehead atoms. The van der Waals surface area contributed by atoms with Crippen LogP contribution >= 0.6 is 11.3 Å². The van der Waals surface area contributed by atoms with Crippen LogP contribution in [0.3, 0.4) is 0 Å². The van der Waals surface area contributed by atoms with Crippen molar-refractivity contribution in [3.63, 3.8) is 0 Å². The highest BCUT2D eigenvalue weighted by atomic mass is 32.2. The van der Waals surface area contributed by atoms with Gasteiger partial charge < -0.3 is 5.11 Å². The van der Waals surface area contributed by atoms with Crippen LogP contribution in [0.25, 0.3) is 0 Å². The smallest absolute Gasteiger partial charge is 0.345 e. The van der Waals surface area contributed by atoms with Gasteiger partial charge in [-0.1, -0.05) is 19.3 Å². The molecule has 1 aromatic heterocycles. The molecule has 2 N–H and O–H groups in total. The van der Waals surface area contributed by atoms with Crippen LogP contribution in [0, 0.1) is 6.92 Å². The molecule has 2 rings (SSSR count). The van der Waals surface area contributed by atoms with E-state index in [-0.39, 0.29) is 9.77 Å². The summed E-state index contributed by atoms with van der Waals surface area (Å²) in [6, 6.07) is 1.25. The van der Waals surface area contributed by atoms with E-state index in [1.165, 1.54) is 6.07 Å². The van der Waals surface area contributed by atoms with Gasteiger partial charge in [-0.15, -0.1) is 11.3 Å². The lowest BCUT2D eigenvalue weighted by atomic mass is 9.84. The lowest BCUT2D eigenvalue weighted by molar-refractivity contribution is 0.0702. The fourth-order valence-corrected chi connectivity index (χ4v) is 5.55. The number of hydrogen-bond donors (Lipinski definition) is 2. The second kappa shape index (κ2) is 5.46. The largest absolute Gasteiger partial charge is 0.477 e. The highest BCUT2D eigenvalue weighted by Crippen LogP contribution is 2.31. The molecule has 7 heteroatoms. The van der Waals surface area contributed by atoms with Crippen molar-refractivity contribution in [1.82, 2.24) is 4.72 Å². The van der Waals surface area contributed by atoms with Gasteiger partial charge in [0.15, 0.2) is 0 Å². The van der Waals surface area contributed by atoms with Gasteiger partial charge in [0.05, 0.1) is 4.90 Å². The zero-order chi connectivity index (χ0) is 15.0. The second-order valence-electron chi connectivity index (χ2n) is 5.56. The van der Waals surface area contributed by atoms with Gasteiger partial charge in [0.2, 0.25) is 10.0 Å². The van der Waals surface area contributed by atoms with Crippen molar-refractivity contribution >= 4 is 27.3 Å². The Morgan fingerprint density at radius 1 is 1.35 bits per heavy atom. The third kappa shape index (κ3) is 3.21. The predicted octanol–water partition coefficient (Wildman–Crippen LogP) is 2.76. The maximum atomic E-state index is 12.5. The average Bonchev–Trinajstić information content (AvgIpc) is 2.72. The van der Waals surface area contributed by atoms with Crippen LogP contribution in [0.5, 0.6) is 0 Å². The zero-order valence-electron chi connectivity index (χ0n) is 11.6. The lowest BCUT2D eigenvalue weighted by Crippen LogP contribution is -2.47. The van der Waals surface area contributed by atoms with Crippen molar-refractivity contribution in [2.45, 2.75) is 56.4 Å². The van der Waals surface area contributed by atoms with E-state index in [4.69, 9.17) is 5.11 Å². The molecule has 0 unspecified atom stereocenters. The monoisotopic (exact) mass is 317 g/mol. The van der Waals surface area contributed by atoms with Crippen LogP contribution in [-0.4, -0.2) is 25.0 Å². The molecule has 1 heterocycles. The quantitative estimate of drug-likeness (QED) is 0.894. The molecule has 0 amide bonds. The lowest BCUT2D eigenvalue weighted by Gasteiger charge is -2.34. The average molecular weight is 317 g/mol. The van der Waals surface area contributed by atoms with Crippen LogP contribution in [0.15, 0.2) is 11.0 Å². The Hall–Kier alpha value is -0.920. The summed E-state index contributed by atoms with van der Waals surface area (Å²) >= 11 is 0.992. The van der Waals surface area contributed by atoms with Gasteiger partial charge in [0.25, 0.3) is 0 Å². The summed E-state index contributed by atoms with van der Waals surface area (Å²) in [5, 5.41) is 8.96. The summed E-state index contributed by atoms with van der Waals surface area (Å²) in [5.41, 5.74) is -0.422. The Labute approximate surface area is 123 Å². The van der Waals surface area contributed by atoms with E-state index in [0.29, 0.717) is 4.88 Å². The Kier molecular flexibility index (Phi) is 4.22. The molecule has 0 saturated heterocycles. The molecule has 1 aliphatic carbocycles. The van der Waals surface area contributed by atoms with E-state index in [2.05, 4.69) is 4.72 Å². The first-order chi connectivity index (χ1) is 9.23. The molecule has 112 valence electrons. The zero-order valence-corrected chi connectivity index (χ0v) is 13.2. The molecule has 20 heavy (non-hydrogen) atoms. The highest BCUT2D eigenvalue weighted by molar-refractivity contribution is 7.89. The molecule has 0 aliphatic heterocycles. The number of aromatic carboxylic acids is 1. The number of rotatable bonds is 4. The fraction of sp³-hybridized carbons (Fsp3) is 0.615. The second-order valence-corrected chi connectivity index (χ2v) is 8.47. The summed E-state index contributed by atoms with van der Waals surface area (Å²) in [6.07, 6.45) is 4.81. The van der Waals surface area contributed by atoms with Gasteiger partial charge in [-0.2, -0.15) is 0 Å². The van der Waals surface area contributed by atoms with E-state index in [0.717, 1.165) is 43.4 Å². The third-order valence-corrected chi connectivity index (χ3v) is 6.64. The summed E-state index contributed by atoms with van der Waals surface area (Å²) in [7, 11) is -3.66. The van der Waals surface area contributed by atoms with Crippen LogP contribution in [0.1, 0.15) is 53.6 Å². The van der Waals surface area contributed by atoms with E-state index in [1.54, 1.807) is 6.92 Å². The summed E-state index contributed by atoms with van der Waals surface area (Å²) in [6.45, 7) is 3.55. The number of aryl methyl sites for hydroxylation is 1. The Balaban J connectivity index is 2.28. The number of thiophene rings is 1. The first-order valence-corrected chi connectivity index (χ1v) is 8.91.